The van der Waals surface area contributed by atoms with E-state index < -0.39 is 0 Å². The Hall–Kier alpha value is -0.0800. The molecule has 0 aliphatic carbocycles. The van der Waals surface area contributed by atoms with E-state index in [9.17, 15) is 0 Å². The van der Waals surface area contributed by atoms with Crippen molar-refractivity contribution in [3.63, 3.8) is 0 Å². The van der Waals surface area contributed by atoms with Gasteiger partial charge in [0.2, 0.25) is 0 Å². The number of hydrogen-bond acceptors (Lipinski definition) is 2. The van der Waals surface area contributed by atoms with Crippen LogP contribution in [0.2, 0.25) is 0 Å². The van der Waals surface area contributed by atoms with Crippen molar-refractivity contribution in [3.05, 3.63) is 0 Å². The fourth-order valence-corrected chi connectivity index (χ4v) is 2.24. The van der Waals surface area contributed by atoms with Crippen molar-refractivity contribution in [2.24, 2.45) is 0 Å². The summed E-state index contributed by atoms with van der Waals surface area (Å²) in [6.07, 6.45) is 15.1. The Morgan fingerprint density at radius 1 is 0.421 bits per heavy atom. The normalized spacial score (nSPS) is 11.1. The molecule has 0 aromatic heterocycles. The molecule has 2 nitrogen and oxygen atoms in total. The monoisotopic (exact) mass is 270 g/mol. The summed E-state index contributed by atoms with van der Waals surface area (Å²) in [4.78, 5) is 0. The smallest absolute Gasteiger partial charge is 0.00489 e. The van der Waals surface area contributed by atoms with Crippen molar-refractivity contribution in [1.82, 2.24) is 10.6 Å². The van der Waals surface area contributed by atoms with Crippen molar-refractivity contribution >= 4 is 0 Å². The molecule has 2 N–H and O–H groups in total. The Kier molecular flexibility index (Phi) is 17.8. The van der Waals surface area contributed by atoms with E-state index in [-0.39, 0.29) is 0 Å². The molecule has 0 atom stereocenters. The molecule has 0 saturated carbocycles. The Bertz CT molecular complexity index is 132. The number of rotatable bonds is 16. The highest BCUT2D eigenvalue weighted by atomic mass is 14.8. The average Bonchev–Trinajstić information content (AvgIpc) is 2.43. The van der Waals surface area contributed by atoms with Crippen LogP contribution in [0.1, 0.15) is 84.5 Å². The fourth-order valence-electron chi connectivity index (χ4n) is 2.24. The van der Waals surface area contributed by atoms with E-state index in [1.165, 1.54) is 96.8 Å². The van der Waals surface area contributed by atoms with Crippen LogP contribution in [0.4, 0.5) is 0 Å². The molecule has 0 rings (SSSR count). The molecule has 19 heavy (non-hydrogen) atoms. The SMILES string of the molecule is CCCCNCCCCCCCCCNCCCC. The van der Waals surface area contributed by atoms with Crippen molar-refractivity contribution in [3.8, 4) is 0 Å². The van der Waals surface area contributed by atoms with Crippen molar-refractivity contribution < 1.29 is 0 Å². The topological polar surface area (TPSA) is 24.1 Å². The van der Waals surface area contributed by atoms with Crippen molar-refractivity contribution in [2.45, 2.75) is 84.5 Å². The van der Waals surface area contributed by atoms with Crippen LogP contribution in [0.3, 0.4) is 0 Å². The molecule has 0 saturated heterocycles. The molecule has 0 spiro atoms. The quantitative estimate of drug-likeness (QED) is 0.404. The lowest BCUT2D eigenvalue weighted by Gasteiger charge is -2.05. The second-order valence-electron chi connectivity index (χ2n) is 5.68. The van der Waals surface area contributed by atoms with E-state index in [1.54, 1.807) is 0 Å². The van der Waals surface area contributed by atoms with Crippen LogP contribution >= 0.6 is 0 Å². The molecule has 0 aromatic carbocycles. The lowest BCUT2D eigenvalue weighted by atomic mass is 10.1. The van der Waals surface area contributed by atoms with Gasteiger partial charge < -0.3 is 10.6 Å². The molecule has 0 heterocycles. The maximum absolute atomic E-state index is 3.51. The van der Waals surface area contributed by atoms with Crippen LogP contribution in [0.15, 0.2) is 0 Å². The number of unbranched alkanes of at least 4 members (excludes halogenated alkanes) is 8. The average molecular weight is 271 g/mol. The maximum atomic E-state index is 3.51. The standard InChI is InChI=1S/C17H38N2/c1-3-5-14-18-16-12-10-8-7-9-11-13-17-19-15-6-4-2/h18-19H,3-17H2,1-2H3. The van der Waals surface area contributed by atoms with Gasteiger partial charge in [0.1, 0.15) is 0 Å². The molecular weight excluding hydrogens is 232 g/mol. The van der Waals surface area contributed by atoms with E-state index >= 15 is 0 Å². The number of hydrogen-bond donors (Lipinski definition) is 2. The molecule has 0 radical (unpaired) electrons. The summed E-state index contributed by atoms with van der Waals surface area (Å²) in [5.41, 5.74) is 0. The largest absolute Gasteiger partial charge is 0.317 e. The molecule has 0 aliphatic heterocycles. The minimum atomic E-state index is 1.21. The summed E-state index contributed by atoms with van der Waals surface area (Å²) in [7, 11) is 0. The minimum absolute atomic E-state index is 1.21. The molecule has 0 unspecified atom stereocenters. The van der Waals surface area contributed by atoms with Crippen LogP contribution in [0.5, 0.6) is 0 Å². The summed E-state index contributed by atoms with van der Waals surface area (Å²) in [6, 6.07) is 0. The molecule has 2 heteroatoms. The van der Waals surface area contributed by atoms with Crippen LogP contribution < -0.4 is 10.6 Å². The molecule has 0 bridgehead atoms. The molecule has 116 valence electrons. The zero-order chi connectivity index (χ0) is 14.0. The summed E-state index contributed by atoms with van der Waals surface area (Å²) >= 11 is 0. The van der Waals surface area contributed by atoms with Gasteiger partial charge in [-0.05, 0) is 51.9 Å². The van der Waals surface area contributed by atoms with E-state index in [1.807, 2.05) is 0 Å². The maximum Gasteiger partial charge on any atom is -0.00489 e. The van der Waals surface area contributed by atoms with Crippen LogP contribution in [0.25, 0.3) is 0 Å². The van der Waals surface area contributed by atoms with E-state index in [2.05, 4.69) is 24.5 Å². The third kappa shape index (κ3) is 17.9. The van der Waals surface area contributed by atoms with Gasteiger partial charge in [0, 0.05) is 0 Å². The molecule has 0 aromatic rings. The van der Waals surface area contributed by atoms with Crippen molar-refractivity contribution in [1.29, 1.82) is 0 Å². The molecule has 0 fully saturated rings. The minimum Gasteiger partial charge on any atom is -0.317 e. The summed E-state index contributed by atoms with van der Waals surface area (Å²) in [5.74, 6) is 0. The molecule has 0 aliphatic rings. The first-order chi connectivity index (χ1) is 9.41. The zero-order valence-electron chi connectivity index (χ0n) is 13.6. The highest BCUT2D eigenvalue weighted by molar-refractivity contribution is 4.52. The van der Waals surface area contributed by atoms with E-state index in [0.29, 0.717) is 0 Å². The van der Waals surface area contributed by atoms with Gasteiger partial charge in [0.05, 0.1) is 0 Å². The number of nitrogens with one attached hydrogen (secondary N) is 2. The van der Waals surface area contributed by atoms with Crippen molar-refractivity contribution in [2.75, 3.05) is 26.2 Å². The van der Waals surface area contributed by atoms with Crippen LogP contribution in [0, 0.1) is 0 Å². The first-order valence-corrected chi connectivity index (χ1v) is 8.83. The highest BCUT2D eigenvalue weighted by Gasteiger charge is 1.92. The van der Waals surface area contributed by atoms with Crippen LogP contribution in [-0.4, -0.2) is 26.2 Å². The Morgan fingerprint density at radius 2 is 0.737 bits per heavy atom. The third-order valence-corrected chi connectivity index (χ3v) is 3.62. The third-order valence-electron chi connectivity index (χ3n) is 3.62. The Labute approximate surface area is 122 Å². The van der Waals surface area contributed by atoms with Gasteiger partial charge in [-0.1, -0.05) is 58.8 Å². The zero-order valence-corrected chi connectivity index (χ0v) is 13.6. The first kappa shape index (κ1) is 18.9. The summed E-state index contributed by atoms with van der Waals surface area (Å²) in [6.45, 7) is 9.37. The van der Waals surface area contributed by atoms with E-state index in [0.717, 1.165) is 0 Å². The second-order valence-corrected chi connectivity index (χ2v) is 5.68. The van der Waals surface area contributed by atoms with Gasteiger partial charge in [0.25, 0.3) is 0 Å². The van der Waals surface area contributed by atoms with Gasteiger partial charge >= 0.3 is 0 Å². The molecular formula is C17H38N2. The molecule has 0 amide bonds. The van der Waals surface area contributed by atoms with Gasteiger partial charge in [-0.2, -0.15) is 0 Å². The first-order valence-electron chi connectivity index (χ1n) is 8.83. The van der Waals surface area contributed by atoms with Crippen LogP contribution in [-0.2, 0) is 0 Å². The lowest BCUT2D eigenvalue weighted by molar-refractivity contribution is 0.538. The van der Waals surface area contributed by atoms with E-state index in [4.69, 9.17) is 0 Å². The van der Waals surface area contributed by atoms with Gasteiger partial charge in [-0.3, -0.25) is 0 Å². The lowest BCUT2D eigenvalue weighted by Crippen LogP contribution is -2.16. The Morgan fingerprint density at radius 3 is 1.11 bits per heavy atom. The Balaban J connectivity index is 2.88. The second kappa shape index (κ2) is 17.9. The predicted molar refractivity (Wildman–Crippen MR) is 87.9 cm³/mol. The fraction of sp³-hybridized carbons (Fsp3) is 1.00. The van der Waals surface area contributed by atoms with Gasteiger partial charge in [0.15, 0.2) is 0 Å². The predicted octanol–water partition coefficient (Wildman–Crippen LogP) is 4.50. The summed E-state index contributed by atoms with van der Waals surface area (Å²) < 4.78 is 0. The summed E-state index contributed by atoms with van der Waals surface area (Å²) in [5, 5.41) is 7.03. The van der Waals surface area contributed by atoms with Gasteiger partial charge in [-0.25, -0.2) is 0 Å². The highest BCUT2D eigenvalue weighted by Crippen LogP contribution is 2.06. The van der Waals surface area contributed by atoms with Gasteiger partial charge in [-0.15, -0.1) is 0 Å².